The van der Waals surface area contributed by atoms with Crippen LogP contribution in [-0.2, 0) is 0 Å². The minimum Gasteiger partial charge on any atom is -0.398 e. The molecule has 0 saturated carbocycles. The van der Waals surface area contributed by atoms with Crippen molar-refractivity contribution in [3.8, 4) is 11.4 Å². The van der Waals surface area contributed by atoms with Gasteiger partial charge in [-0.25, -0.2) is 18.7 Å². The predicted octanol–water partition coefficient (Wildman–Crippen LogP) is 3.69. The van der Waals surface area contributed by atoms with Gasteiger partial charge in [0.15, 0.2) is 5.82 Å². The van der Waals surface area contributed by atoms with Crippen molar-refractivity contribution in [1.29, 1.82) is 0 Å². The van der Waals surface area contributed by atoms with Crippen LogP contribution in [0.15, 0.2) is 36.7 Å². The SMILES string of the molecule is CC.Nc1ccc(-c2ncccn2)cc1C(F)F. The number of rotatable bonds is 2. The van der Waals surface area contributed by atoms with Gasteiger partial charge in [-0.3, -0.25) is 0 Å². The van der Waals surface area contributed by atoms with Crippen LogP contribution in [0.3, 0.4) is 0 Å². The summed E-state index contributed by atoms with van der Waals surface area (Å²) in [6.45, 7) is 4.00. The molecule has 0 aliphatic carbocycles. The summed E-state index contributed by atoms with van der Waals surface area (Å²) in [4.78, 5) is 7.96. The van der Waals surface area contributed by atoms with E-state index in [4.69, 9.17) is 5.73 Å². The summed E-state index contributed by atoms with van der Waals surface area (Å²) in [6.07, 6.45) is 0.519. The number of aromatic nitrogens is 2. The smallest absolute Gasteiger partial charge is 0.265 e. The second-order valence-electron chi connectivity index (χ2n) is 3.22. The summed E-state index contributed by atoms with van der Waals surface area (Å²) in [6, 6.07) is 6.04. The Labute approximate surface area is 105 Å². The maximum atomic E-state index is 12.6. The molecular weight excluding hydrogens is 236 g/mol. The van der Waals surface area contributed by atoms with Crippen LogP contribution in [0.1, 0.15) is 25.8 Å². The minimum atomic E-state index is -2.59. The number of halogens is 2. The average molecular weight is 251 g/mol. The van der Waals surface area contributed by atoms with E-state index < -0.39 is 6.43 Å². The van der Waals surface area contributed by atoms with Gasteiger partial charge in [-0.1, -0.05) is 13.8 Å². The molecule has 0 spiro atoms. The molecule has 2 N–H and O–H groups in total. The molecule has 3 nitrogen and oxygen atoms in total. The number of nitrogens with zero attached hydrogens (tertiary/aromatic N) is 2. The van der Waals surface area contributed by atoms with Gasteiger partial charge in [0.05, 0.1) is 0 Å². The van der Waals surface area contributed by atoms with E-state index in [0.717, 1.165) is 0 Å². The molecule has 0 aliphatic rings. The van der Waals surface area contributed by atoms with Gasteiger partial charge < -0.3 is 5.73 Å². The Morgan fingerprint density at radius 3 is 2.28 bits per heavy atom. The van der Waals surface area contributed by atoms with E-state index in [9.17, 15) is 8.78 Å². The zero-order valence-corrected chi connectivity index (χ0v) is 10.3. The van der Waals surface area contributed by atoms with Gasteiger partial charge in [0, 0.05) is 29.2 Å². The lowest BCUT2D eigenvalue weighted by Crippen LogP contribution is -1.96. The molecule has 0 atom stereocenters. The van der Waals surface area contributed by atoms with E-state index in [1.807, 2.05) is 13.8 Å². The zero-order chi connectivity index (χ0) is 13.5. The average Bonchev–Trinajstić information content (AvgIpc) is 2.42. The molecule has 2 aromatic rings. The van der Waals surface area contributed by atoms with Crippen LogP contribution in [0.25, 0.3) is 11.4 Å². The number of hydrogen-bond donors (Lipinski definition) is 1. The molecule has 0 amide bonds. The van der Waals surface area contributed by atoms with Crippen molar-refractivity contribution < 1.29 is 8.78 Å². The Balaban J connectivity index is 0.000000771. The van der Waals surface area contributed by atoms with Crippen LogP contribution < -0.4 is 5.73 Å². The van der Waals surface area contributed by atoms with Crippen LogP contribution in [0.5, 0.6) is 0 Å². The highest BCUT2D eigenvalue weighted by molar-refractivity contribution is 5.62. The largest absolute Gasteiger partial charge is 0.398 e. The van der Waals surface area contributed by atoms with Crippen LogP contribution in [-0.4, -0.2) is 9.97 Å². The number of nitrogens with two attached hydrogens (primary N) is 1. The van der Waals surface area contributed by atoms with Crippen molar-refractivity contribution in [1.82, 2.24) is 9.97 Å². The Morgan fingerprint density at radius 1 is 1.11 bits per heavy atom. The van der Waals surface area contributed by atoms with E-state index in [1.165, 1.54) is 12.1 Å². The molecule has 0 bridgehead atoms. The second-order valence-corrected chi connectivity index (χ2v) is 3.22. The van der Waals surface area contributed by atoms with Gasteiger partial charge >= 0.3 is 0 Å². The molecule has 1 heterocycles. The minimum absolute atomic E-state index is 0.0784. The molecule has 0 fully saturated rings. The zero-order valence-electron chi connectivity index (χ0n) is 10.3. The fourth-order valence-electron chi connectivity index (χ4n) is 1.35. The monoisotopic (exact) mass is 251 g/mol. The Morgan fingerprint density at radius 2 is 1.72 bits per heavy atom. The van der Waals surface area contributed by atoms with Crippen molar-refractivity contribution in [2.75, 3.05) is 5.73 Å². The second kappa shape index (κ2) is 6.64. The first-order valence-corrected chi connectivity index (χ1v) is 5.63. The van der Waals surface area contributed by atoms with Gasteiger partial charge in [0.1, 0.15) is 0 Å². The fraction of sp³-hybridized carbons (Fsp3) is 0.231. The lowest BCUT2D eigenvalue weighted by atomic mass is 10.1. The van der Waals surface area contributed by atoms with Gasteiger partial charge in [0.2, 0.25) is 0 Å². The highest BCUT2D eigenvalue weighted by Crippen LogP contribution is 2.28. The maximum Gasteiger partial charge on any atom is 0.265 e. The number of anilines is 1. The number of alkyl halides is 2. The summed E-state index contributed by atoms with van der Waals surface area (Å²) < 4.78 is 25.2. The standard InChI is InChI=1S/C11H9F2N3.C2H6/c12-10(13)8-6-7(2-3-9(8)14)11-15-4-1-5-16-11;1-2/h1-6,10H,14H2;1-2H3. The molecule has 0 unspecified atom stereocenters. The van der Waals surface area contributed by atoms with E-state index in [1.54, 1.807) is 24.5 Å². The summed E-state index contributed by atoms with van der Waals surface area (Å²) in [5, 5.41) is 0. The molecule has 0 radical (unpaired) electrons. The lowest BCUT2D eigenvalue weighted by Gasteiger charge is -2.06. The fourth-order valence-corrected chi connectivity index (χ4v) is 1.35. The van der Waals surface area contributed by atoms with Crippen LogP contribution >= 0.6 is 0 Å². The third-order valence-corrected chi connectivity index (χ3v) is 2.15. The Kier molecular flexibility index (Phi) is 5.17. The lowest BCUT2D eigenvalue weighted by molar-refractivity contribution is 0.152. The van der Waals surface area contributed by atoms with Gasteiger partial charge in [-0.15, -0.1) is 0 Å². The summed E-state index contributed by atoms with van der Waals surface area (Å²) in [5.41, 5.74) is 5.87. The number of nitrogen functional groups attached to an aromatic ring is 1. The van der Waals surface area contributed by atoms with Crippen molar-refractivity contribution in [2.45, 2.75) is 20.3 Å². The summed E-state index contributed by atoms with van der Waals surface area (Å²) in [5.74, 6) is 0.407. The van der Waals surface area contributed by atoms with Crippen molar-refractivity contribution in [3.63, 3.8) is 0 Å². The van der Waals surface area contributed by atoms with Gasteiger partial charge in [-0.05, 0) is 24.3 Å². The number of benzene rings is 1. The topological polar surface area (TPSA) is 51.8 Å². The Hall–Kier alpha value is -2.04. The molecule has 0 aliphatic heterocycles. The van der Waals surface area contributed by atoms with E-state index in [-0.39, 0.29) is 11.3 Å². The predicted molar refractivity (Wildman–Crippen MR) is 68.2 cm³/mol. The third kappa shape index (κ3) is 3.23. The molecule has 18 heavy (non-hydrogen) atoms. The first-order chi connectivity index (χ1) is 8.68. The first kappa shape index (κ1) is 14.0. The molecule has 96 valence electrons. The van der Waals surface area contributed by atoms with E-state index >= 15 is 0 Å². The molecule has 0 saturated heterocycles. The highest BCUT2D eigenvalue weighted by Gasteiger charge is 2.13. The maximum absolute atomic E-state index is 12.6. The van der Waals surface area contributed by atoms with Gasteiger partial charge in [0.25, 0.3) is 6.43 Å². The number of hydrogen-bond acceptors (Lipinski definition) is 3. The highest BCUT2D eigenvalue weighted by atomic mass is 19.3. The van der Waals surface area contributed by atoms with Crippen LogP contribution in [0.2, 0.25) is 0 Å². The summed E-state index contributed by atoms with van der Waals surface area (Å²) >= 11 is 0. The van der Waals surface area contributed by atoms with E-state index in [0.29, 0.717) is 11.4 Å². The molecule has 1 aromatic carbocycles. The molecule has 2 rings (SSSR count). The van der Waals surface area contributed by atoms with Crippen molar-refractivity contribution in [2.24, 2.45) is 0 Å². The van der Waals surface area contributed by atoms with Crippen LogP contribution in [0, 0.1) is 0 Å². The molecule has 1 aromatic heterocycles. The normalized spacial score (nSPS) is 9.83. The van der Waals surface area contributed by atoms with Crippen molar-refractivity contribution in [3.05, 3.63) is 42.2 Å². The third-order valence-electron chi connectivity index (χ3n) is 2.15. The molecule has 5 heteroatoms. The summed E-state index contributed by atoms with van der Waals surface area (Å²) in [7, 11) is 0. The van der Waals surface area contributed by atoms with Gasteiger partial charge in [-0.2, -0.15) is 0 Å². The molecular formula is C13H15F2N3. The van der Waals surface area contributed by atoms with E-state index in [2.05, 4.69) is 9.97 Å². The van der Waals surface area contributed by atoms with Crippen molar-refractivity contribution >= 4 is 5.69 Å². The first-order valence-electron chi connectivity index (χ1n) is 5.63. The Bertz CT molecular complexity index is 487. The quantitative estimate of drug-likeness (QED) is 0.828. The van der Waals surface area contributed by atoms with Crippen LogP contribution in [0.4, 0.5) is 14.5 Å².